The van der Waals surface area contributed by atoms with Crippen molar-refractivity contribution in [1.82, 2.24) is 10.3 Å². The van der Waals surface area contributed by atoms with Crippen molar-refractivity contribution in [2.75, 3.05) is 11.4 Å². The molecular formula is C15H17N3O2. The van der Waals surface area contributed by atoms with Crippen LogP contribution in [0.4, 0.5) is 5.69 Å². The first-order valence-corrected chi connectivity index (χ1v) is 6.82. The van der Waals surface area contributed by atoms with Crippen LogP contribution in [0.1, 0.15) is 18.6 Å². The number of amides is 1. The smallest absolute Gasteiger partial charge is 0.244 e. The zero-order valence-electron chi connectivity index (χ0n) is 11.2. The highest BCUT2D eigenvalue weighted by Crippen LogP contribution is 2.20. The molecule has 1 N–H and O–H groups in total. The molecule has 1 fully saturated rings. The molecule has 5 nitrogen and oxygen atoms in total. The molecule has 3 rings (SSSR count). The van der Waals surface area contributed by atoms with E-state index in [9.17, 15) is 4.79 Å². The summed E-state index contributed by atoms with van der Waals surface area (Å²) in [6.07, 6.45) is 6.92. The Kier molecular flexibility index (Phi) is 3.78. The maximum atomic E-state index is 12.5. The van der Waals surface area contributed by atoms with Gasteiger partial charge in [0.2, 0.25) is 5.91 Å². The summed E-state index contributed by atoms with van der Waals surface area (Å²) in [4.78, 5) is 18.4. The largest absolute Gasteiger partial charge is 0.468 e. The van der Waals surface area contributed by atoms with Crippen LogP contribution in [0.5, 0.6) is 0 Å². The molecule has 0 bridgehead atoms. The lowest BCUT2D eigenvalue weighted by Gasteiger charge is -2.32. The van der Waals surface area contributed by atoms with Crippen molar-refractivity contribution in [3.63, 3.8) is 0 Å². The van der Waals surface area contributed by atoms with Crippen molar-refractivity contribution in [3.8, 4) is 0 Å². The number of hydrogen-bond acceptors (Lipinski definition) is 4. The summed E-state index contributed by atoms with van der Waals surface area (Å²) in [6, 6.07) is 7.36. The van der Waals surface area contributed by atoms with E-state index in [4.69, 9.17) is 4.42 Å². The number of piperidine rings is 1. The second-order valence-corrected chi connectivity index (χ2v) is 4.86. The SMILES string of the molecule is O=C1[C@H](NCc2ccco2)CCCN1c1cccnc1. The topological polar surface area (TPSA) is 58.4 Å². The highest BCUT2D eigenvalue weighted by atomic mass is 16.3. The van der Waals surface area contributed by atoms with Crippen LogP contribution in [-0.2, 0) is 11.3 Å². The molecule has 5 heteroatoms. The van der Waals surface area contributed by atoms with Gasteiger partial charge in [0.1, 0.15) is 5.76 Å². The van der Waals surface area contributed by atoms with E-state index >= 15 is 0 Å². The first-order valence-electron chi connectivity index (χ1n) is 6.82. The molecule has 3 heterocycles. The van der Waals surface area contributed by atoms with E-state index in [2.05, 4.69) is 10.3 Å². The van der Waals surface area contributed by atoms with E-state index in [1.54, 1.807) is 23.6 Å². The Hall–Kier alpha value is -2.14. The summed E-state index contributed by atoms with van der Waals surface area (Å²) in [6.45, 7) is 1.33. The zero-order valence-corrected chi connectivity index (χ0v) is 11.2. The van der Waals surface area contributed by atoms with Crippen molar-refractivity contribution < 1.29 is 9.21 Å². The highest BCUT2D eigenvalue weighted by molar-refractivity contribution is 5.97. The Balaban J connectivity index is 1.66. The van der Waals surface area contributed by atoms with Crippen molar-refractivity contribution in [2.45, 2.75) is 25.4 Å². The van der Waals surface area contributed by atoms with Gasteiger partial charge in [0.05, 0.1) is 30.7 Å². The predicted octanol–water partition coefficient (Wildman–Crippen LogP) is 1.96. The number of nitrogens with one attached hydrogen (secondary N) is 1. The maximum absolute atomic E-state index is 12.5. The third-order valence-electron chi connectivity index (χ3n) is 3.50. The van der Waals surface area contributed by atoms with Gasteiger partial charge < -0.3 is 9.32 Å². The molecule has 0 radical (unpaired) electrons. The molecular weight excluding hydrogens is 254 g/mol. The Labute approximate surface area is 117 Å². The number of anilines is 1. The molecule has 0 aromatic carbocycles. The van der Waals surface area contributed by atoms with Gasteiger partial charge in [-0.3, -0.25) is 15.1 Å². The number of pyridine rings is 1. The molecule has 20 heavy (non-hydrogen) atoms. The molecule has 104 valence electrons. The summed E-state index contributed by atoms with van der Waals surface area (Å²) >= 11 is 0. The lowest BCUT2D eigenvalue weighted by Crippen LogP contribution is -2.50. The third-order valence-corrected chi connectivity index (χ3v) is 3.50. The fourth-order valence-electron chi connectivity index (χ4n) is 2.47. The van der Waals surface area contributed by atoms with Crippen molar-refractivity contribution in [1.29, 1.82) is 0 Å². The van der Waals surface area contributed by atoms with E-state index in [1.807, 2.05) is 24.3 Å². The monoisotopic (exact) mass is 271 g/mol. The maximum Gasteiger partial charge on any atom is 0.244 e. The van der Waals surface area contributed by atoms with Gasteiger partial charge in [-0.1, -0.05) is 0 Å². The van der Waals surface area contributed by atoms with Crippen LogP contribution < -0.4 is 10.2 Å². The second-order valence-electron chi connectivity index (χ2n) is 4.86. The molecule has 1 saturated heterocycles. The molecule has 1 atom stereocenters. The van der Waals surface area contributed by atoms with Gasteiger partial charge in [-0.05, 0) is 37.1 Å². The first-order chi connectivity index (χ1) is 9.84. The normalized spacial score (nSPS) is 19.3. The van der Waals surface area contributed by atoms with Crippen molar-refractivity contribution in [3.05, 3.63) is 48.7 Å². The Morgan fingerprint density at radius 1 is 1.40 bits per heavy atom. The number of hydrogen-bond donors (Lipinski definition) is 1. The van der Waals surface area contributed by atoms with Crippen molar-refractivity contribution in [2.24, 2.45) is 0 Å². The van der Waals surface area contributed by atoms with E-state index < -0.39 is 0 Å². The minimum atomic E-state index is -0.158. The molecule has 2 aromatic heterocycles. The van der Waals surface area contributed by atoms with Gasteiger partial charge in [0.25, 0.3) is 0 Å². The number of carbonyl (C=O) groups is 1. The average Bonchev–Trinajstić information content (AvgIpc) is 3.00. The van der Waals surface area contributed by atoms with Crippen LogP contribution in [0.2, 0.25) is 0 Å². The summed E-state index contributed by atoms with van der Waals surface area (Å²) in [5, 5.41) is 3.27. The fourth-order valence-corrected chi connectivity index (χ4v) is 2.47. The fraction of sp³-hybridized carbons (Fsp3) is 0.333. The van der Waals surface area contributed by atoms with Gasteiger partial charge in [0, 0.05) is 12.7 Å². The number of furan rings is 1. The predicted molar refractivity (Wildman–Crippen MR) is 75.2 cm³/mol. The first kappa shape index (κ1) is 12.9. The van der Waals surface area contributed by atoms with Gasteiger partial charge in [-0.25, -0.2) is 0 Å². The number of nitrogens with zero attached hydrogens (tertiary/aromatic N) is 2. The lowest BCUT2D eigenvalue weighted by atomic mass is 10.0. The molecule has 1 aliphatic heterocycles. The summed E-state index contributed by atoms with van der Waals surface area (Å²) in [5.41, 5.74) is 0.863. The molecule has 0 unspecified atom stereocenters. The molecule has 1 aliphatic rings. The molecule has 0 spiro atoms. The van der Waals surface area contributed by atoms with Gasteiger partial charge in [-0.2, -0.15) is 0 Å². The third kappa shape index (κ3) is 2.72. The number of aromatic nitrogens is 1. The van der Waals surface area contributed by atoms with Gasteiger partial charge in [-0.15, -0.1) is 0 Å². The minimum Gasteiger partial charge on any atom is -0.468 e. The zero-order chi connectivity index (χ0) is 13.8. The van der Waals surface area contributed by atoms with E-state index in [0.717, 1.165) is 30.8 Å². The van der Waals surface area contributed by atoms with Crippen LogP contribution in [0.3, 0.4) is 0 Å². The van der Waals surface area contributed by atoms with E-state index in [0.29, 0.717) is 6.54 Å². The Bertz CT molecular complexity index is 554. The van der Waals surface area contributed by atoms with Crippen molar-refractivity contribution >= 4 is 11.6 Å². The quantitative estimate of drug-likeness (QED) is 0.923. The van der Waals surface area contributed by atoms with Crippen LogP contribution in [0, 0.1) is 0 Å². The lowest BCUT2D eigenvalue weighted by molar-refractivity contribution is -0.121. The average molecular weight is 271 g/mol. The molecule has 1 amide bonds. The summed E-state index contributed by atoms with van der Waals surface area (Å²) in [7, 11) is 0. The number of rotatable bonds is 4. The summed E-state index contributed by atoms with van der Waals surface area (Å²) < 4.78 is 5.27. The Morgan fingerprint density at radius 3 is 3.10 bits per heavy atom. The number of carbonyl (C=O) groups excluding carboxylic acids is 1. The minimum absolute atomic E-state index is 0.107. The second kappa shape index (κ2) is 5.88. The van der Waals surface area contributed by atoms with Gasteiger partial charge in [0.15, 0.2) is 0 Å². The molecule has 0 saturated carbocycles. The van der Waals surface area contributed by atoms with Crippen LogP contribution >= 0.6 is 0 Å². The standard InChI is InChI=1S/C15H17N3O2/c19-15-14(17-11-13-5-3-9-20-13)6-2-8-18(15)12-4-1-7-16-10-12/h1,3-5,7,9-10,14,17H,2,6,8,11H2/t14-/m1/s1. The highest BCUT2D eigenvalue weighted by Gasteiger charge is 2.29. The molecule has 0 aliphatic carbocycles. The van der Waals surface area contributed by atoms with Crippen LogP contribution in [-0.4, -0.2) is 23.5 Å². The van der Waals surface area contributed by atoms with Crippen LogP contribution in [0.15, 0.2) is 47.3 Å². The molecule has 2 aromatic rings. The Morgan fingerprint density at radius 2 is 2.35 bits per heavy atom. The van der Waals surface area contributed by atoms with Crippen LogP contribution in [0.25, 0.3) is 0 Å². The van der Waals surface area contributed by atoms with E-state index in [-0.39, 0.29) is 11.9 Å². The van der Waals surface area contributed by atoms with E-state index in [1.165, 1.54) is 0 Å². The van der Waals surface area contributed by atoms with Gasteiger partial charge >= 0.3 is 0 Å². The summed E-state index contributed by atoms with van der Waals surface area (Å²) in [5.74, 6) is 0.951.